The molecule has 1 atom stereocenters. The molecule has 3 rings (SSSR count). The lowest BCUT2D eigenvalue weighted by molar-refractivity contribution is -0.121. The van der Waals surface area contributed by atoms with Gasteiger partial charge in [-0.2, -0.15) is 4.31 Å². The van der Waals surface area contributed by atoms with Crippen LogP contribution in [0.3, 0.4) is 0 Å². The lowest BCUT2D eigenvalue weighted by Gasteiger charge is -2.36. The highest BCUT2D eigenvalue weighted by molar-refractivity contribution is 7.88. The Hall–Kier alpha value is -2.22. The van der Waals surface area contributed by atoms with E-state index in [-0.39, 0.29) is 17.7 Å². The predicted octanol–water partition coefficient (Wildman–Crippen LogP) is 2.78. The number of nitrogens with zero attached hydrogens (tertiary/aromatic N) is 2. The van der Waals surface area contributed by atoms with Crippen molar-refractivity contribution in [3.8, 4) is 0 Å². The zero-order valence-corrected chi connectivity index (χ0v) is 18.1. The summed E-state index contributed by atoms with van der Waals surface area (Å²) in [5.41, 5.74) is 3.73. The standard InChI is InChI=1S/C22H29N3O3S/c1-17-9-10-18(2)21(15-17)23-22(26)19(3)24-11-13-25(14-12-24)29(27,28)16-20-7-5-4-6-8-20/h4-10,15,19H,11-14,16H2,1-3H3,(H,23,26). The number of aryl methyl sites for hydroxylation is 2. The third-order valence-electron chi connectivity index (χ3n) is 5.44. The Labute approximate surface area is 173 Å². The SMILES string of the molecule is Cc1ccc(C)c(NC(=O)C(C)N2CCN(S(=O)(=O)Cc3ccccc3)CC2)c1. The van der Waals surface area contributed by atoms with E-state index in [4.69, 9.17) is 0 Å². The molecular formula is C22H29N3O3S. The van der Waals surface area contributed by atoms with Gasteiger partial charge < -0.3 is 5.32 Å². The van der Waals surface area contributed by atoms with Crippen molar-refractivity contribution in [1.29, 1.82) is 0 Å². The number of carbonyl (C=O) groups is 1. The molecule has 1 amide bonds. The number of benzene rings is 2. The van der Waals surface area contributed by atoms with Crippen molar-refractivity contribution in [1.82, 2.24) is 9.21 Å². The lowest BCUT2D eigenvalue weighted by atomic mass is 10.1. The number of nitrogens with one attached hydrogen (secondary N) is 1. The van der Waals surface area contributed by atoms with Crippen LogP contribution in [0.4, 0.5) is 5.69 Å². The molecule has 2 aromatic rings. The number of amides is 1. The largest absolute Gasteiger partial charge is 0.324 e. The van der Waals surface area contributed by atoms with Crippen LogP contribution >= 0.6 is 0 Å². The highest BCUT2D eigenvalue weighted by Crippen LogP contribution is 2.19. The molecule has 7 heteroatoms. The summed E-state index contributed by atoms with van der Waals surface area (Å²) in [5.74, 6) is -0.0597. The minimum atomic E-state index is -3.36. The van der Waals surface area contributed by atoms with Gasteiger partial charge in [0.05, 0.1) is 11.8 Å². The first kappa shape index (κ1) is 21.5. The van der Waals surface area contributed by atoms with E-state index in [0.717, 1.165) is 22.4 Å². The fourth-order valence-electron chi connectivity index (χ4n) is 3.52. The molecule has 156 valence electrons. The van der Waals surface area contributed by atoms with Crippen molar-refractivity contribution >= 4 is 21.6 Å². The van der Waals surface area contributed by atoms with Crippen LogP contribution in [-0.4, -0.2) is 55.8 Å². The first-order chi connectivity index (χ1) is 13.8. The van der Waals surface area contributed by atoms with Crippen molar-refractivity contribution in [3.63, 3.8) is 0 Å². The summed E-state index contributed by atoms with van der Waals surface area (Å²) in [7, 11) is -3.36. The number of piperazine rings is 1. The van der Waals surface area contributed by atoms with Crippen molar-refractivity contribution in [2.75, 3.05) is 31.5 Å². The van der Waals surface area contributed by atoms with E-state index in [1.807, 2.05) is 74.2 Å². The van der Waals surface area contributed by atoms with Gasteiger partial charge in [-0.05, 0) is 43.5 Å². The first-order valence-corrected chi connectivity index (χ1v) is 11.5. The van der Waals surface area contributed by atoms with Gasteiger partial charge in [-0.15, -0.1) is 0 Å². The van der Waals surface area contributed by atoms with Crippen LogP contribution in [0.2, 0.25) is 0 Å². The minimum Gasteiger partial charge on any atom is -0.324 e. The Morgan fingerprint density at radius 3 is 2.34 bits per heavy atom. The molecule has 1 unspecified atom stereocenters. The van der Waals surface area contributed by atoms with Gasteiger partial charge in [0.15, 0.2) is 0 Å². The van der Waals surface area contributed by atoms with Crippen LogP contribution in [0, 0.1) is 13.8 Å². The summed E-state index contributed by atoms with van der Waals surface area (Å²) in [5, 5.41) is 3.01. The molecule has 0 saturated carbocycles. The summed E-state index contributed by atoms with van der Waals surface area (Å²) >= 11 is 0. The normalized spacial score (nSPS) is 17.1. The Morgan fingerprint density at radius 2 is 1.69 bits per heavy atom. The molecule has 1 fully saturated rings. The third kappa shape index (κ3) is 5.44. The molecule has 1 heterocycles. The number of anilines is 1. The molecule has 6 nitrogen and oxygen atoms in total. The maximum atomic E-state index is 12.7. The number of sulfonamides is 1. The monoisotopic (exact) mass is 415 g/mol. The Bertz CT molecular complexity index is 953. The zero-order valence-electron chi connectivity index (χ0n) is 17.3. The molecule has 0 radical (unpaired) electrons. The highest BCUT2D eigenvalue weighted by Gasteiger charge is 2.31. The van der Waals surface area contributed by atoms with E-state index >= 15 is 0 Å². The number of carbonyl (C=O) groups excluding carboxylic acids is 1. The molecule has 0 aromatic heterocycles. The smallest absolute Gasteiger partial charge is 0.241 e. The number of hydrogen-bond donors (Lipinski definition) is 1. The molecule has 1 N–H and O–H groups in total. The highest BCUT2D eigenvalue weighted by atomic mass is 32.2. The van der Waals surface area contributed by atoms with Gasteiger partial charge in [0.25, 0.3) is 0 Å². The molecule has 0 spiro atoms. The average Bonchev–Trinajstić information content (AvgIpc) is 2.70. The summed E-state index contributed by atoms with van der Waals surface area (Å²) < 4.78 is 26.9. The topological polar surface area (TPSA) is 69.7 Å². The maximum Gasteiger partial charge on any atom is 0.241 e. The summed E-state index contributed by atoms with van der Waals surface area (Å²) in [6.45, 7) is 7.70. The van der Waals surface area contributed by atoms with E-state index < -0.39 is 10.0 Å². The summed E-state index contributed by atoms with van der Waals surface area (Å²) in [6.07, 6.45) is 0. The van der Waals surface area contributed by atoms with Crippen LogP contribution in [0.5, 0.6) is 0 Å². The molecule has 0 bridgehead atoms. The fraction of sp³-hybridized carbons (Fsp3) is 0.409. The van der Waals surface area contributed by atoms with Crippen LogP contribution in [0.25, 0.3) is 0 Å². The van der Waals surface area contributed by atoms with E-state index in [0.29, 0.717) is 26.2 Å². The van der Waals surface area contributed by atoms with Gasteiger partial charge in [-0.3, -0.25) is 9.69 Å². The predicted molar refractivity (Wildman–Crippen MR) is 116 cm³/mol. The zero-order chi connectivity index (χ0) is 21.0. The van der Waals surface area contributed by atoms with Gasteiger partial charge in [0.2, 0.25) is 15.9 Å². The Kier molecular flexibility index (Phi) is 6.72. The van der Waals surface area contributed by atoms with Gasteiger partial charge in [0.1, 0.15) is 0 Å². The number of rotatable bonds is 6. The fourth-order valence-corrected chi connectivity index (χ4v) is 5.03. The van der Waals surface area contributed by atoms with Crippen molar-refractivity contribution in [2.45, 2.75) is 32.6 Å². The molecular weight excluding hydrogens is 386 g/mol. The van der Waals surface area contributed by atoms with Crippen molar-refractivity contribution < 1.29 is 13.2 Å². The van der Waals surface area contributed by atoms with Crippen molar-refractivity contribution in [2.24, 2.45) is 0 Å². The van der Waals surface area contributed by atoms with E-state index in [1.54, 1.807) is 0 Å². The van der Waals surface area contributed by atoms with Crippen LogP contribution in [0.15, 0.2) is 48.5 Å². The van der Waals surface area contributed by atoms with E-state index in [2.05, 4.69) is 5.32 Å². The molecule has 1 saturated heterocycles. The summed E-state index contributed by atoms with van der Waals surface area (Å²) in [6, 6.07) is 14.9. The maximum absolute atomic E-state index is 12.7. The van der Waals surface area contributed by atoms with Crippen LogP contribution < -0.4 is 5.32 Å². The number of hydrogen-bond acceptors (Lipinski definition) is 4. The molecule has 29 heavy (non-hydrogen) atoms. The third-order valence-corrected chi connectivity index (χ3v) is 7.29. The molecule has 1 aliphatic rings. The molecule has 0 aliphatic carbocycles. The molecule has 2 aromatic carbocycles. The average molecular weight is 416 g/mol. The quantitative estimate of drug-likeness (QED) is 0.788. The van der Waals surface area contributed by atoms with Gasteiger partial charge >= 0.3 is 0 Å². The van der Waals surface area contributed by atoms with Gasteiger partial charge in [-0.1, -0.05) is 42.5 Å². The second kappa shape index (κ2) is 9.07. The van der Waals surface area contributed by atoms with Crippen LogP contribution in [-0.2, 0) is 20.6 Å². The van der Waals surface area contributed by atoms with Gasteiger partial charge in [-0.25, -0.2) is 8.42 Å². The lowest BCUT2D eigenvalue weighted by Crippen LogP contribution is -2.54. The van der Waals surface area contributed by atoms with Gasteiger partial charge in [0, 0.05) is 31.9 Å². The Balaban J connectivity index is 1.56. The van der Waals surface area contributed by atoms with Crippen LogP contribution in [0.1, 0.15) is 23.6 Å². The molecule has 1 aliphatic heterocycles. The second-order valence-corrected chi connectivity index (χ2v) is 9.63. The van der Waals surface area contributed by atoms with Crippen molar-refractivity contribution in [3.05, 3.63) is 65.2 Å². The van der Waals surface area contributed by atoms with E-state index in [1.165, 1.54) is 4.31 Å². The summed E-state index contributed by atoms with van der Waals surface area (Å²) in [4.78, 5) is 14.7. The van der Waals surface area contributed by atoms with E-state index in [9.17, 15) is 13.2 Å². The first-order valence-electron chi connectivity index (χ1n) is 9.90. The Morgan fingerprint density at radius 1 is 1.03 bits per heavy atom. The second-order valence-electron chi connectivity index (χ2n) is 7.66. The minimum absolute atomic E-state index is 0.0104.